The van der Waals surface area contributed by atoms with E-state index in [2.05, 4.69) is 5.32 Å². The third-order valence-corrected chi connectivity index (χ3v) is 5.37. The Hall–Kier alpha value is -1.58. The van der Waals surface area contributed by atoms with Crippen LogP contribution >= 0.6 is 11.8 Å². The lowest BCUT2D eigenvalue weighted by atomic mass is 10.3. The fraction of sp³-hybridized carbons (Fsp3) is 0.429. The molecule has 0 aliphatic carbocycles. The van der Waals surface area contributed by atoms with Gasteiger partial charge in [0.25, 0.3) is 0 Å². The highest BCUT2D eigenvalue weighted by Gasteiger charge is 2.17. The van der Waals surface area contributed by atoms with E-state index in [0.29, 0.717) is 12.3 Å². The number of esters is 1. The maximum atomic E-state index is 12.0. The van der Waals surface area contributed by atoms with Crippen molar-refractivity contribution in [2.45, 2.75) is 11.8 Å². The van der Waals surface area contributed by atoms with E-state index in [1.165, 1.54) is 26.2 Å². The number of benzene rings is 1. The molecule has 7 nitrogen and oxygen atoms in total. The Kier molecular flexibility index (Phi) is 7.53. The highest BCUT2D eigenvalue weighted by atomic mass is 32.2. The van der Waals surface area contributed by atoms with Gasteiger partial charge in [0.05, 0.1) is 23.0 Å². The molecule has 0 aliphatic rings. The summed E-state index contributed by atoms with van der Waals surface area (Å²) in [5.41, 5.74) is 0.384. The second-order valence-electron chi connectivity index (χ2n) is 4.66. The summed E-state index contributed by atoms with van der Waals surface area (Å²) in [6, 6.07) is 6.00. The van der Waals surface area contributed by atoms with E-state index in [1.54, 1.807) is 19.1 Å². The van der Waals surface area contributed by atoms with Gasteiger partial charge in [-0.3, -0.25) is 9.59 Å². The van der Waals surface area contributed by atoms with Gasteiger partial charge in [-0.25, -0.2) is 12.7 Å². The van der Waals surface area contributed by atoms with Crippen LogP contribution in [0.1, 0.15) is 6.92 Å². The Morgan fingerprint density at radius 3 is 2.57 bits per heavy atom. The van der Waals surface area contributed by atoms with Crippen molar-refractivity contribution in [1.82, 2.24) is 4.31 Å². The van der Waals surface area contributed by atoms with Crippen molar-refractivity contribution in [3.63, 3.8) is 0 Å². The van der Waals surface area contributed by atoms with Crippen LogP contribution in [0.4, 0.5) is 5.69 Å². The topological polar surface area (TPSA) is 92.8 Å². The minimum Gasteiger partial charge on any atom is -0.465 e. The molecule has 0 aromatic heterocycles. The summed E-state index contributed by atoms with van der Waals surface area (Å²) in [6.07, 6.45) is 0. The van der Waals surface area contributed by atoms with Gasteiger partial charge in [-0.05, 0) is 25.1 Å². The molecule has 1 N–H and O–H groups in total. The van der Waals surface area contributed by atoms with Crippen LogP contribution in [-0.4, -0.2) is 56.8 Å². The Bertz CT molecular complexity index is 659. The van der Waals surface area contributed by atoms with E-state index < -0.39 is 10.0 Å². The van der Waals surface area contributed by atoms with Crippen molar-refractivity contribution in [2.75, 3.05) is 37.5 Å². The highest BCUT2D eigenvalue weighted by molar-refractivity contribution is 8.00. The third-order valence-electron chi connectivity index (χ3n) is 2.65. The van der Waals surface area contributed by atoms with Gasteiger partial charge >= 0.3 is 5.97 Å². The first-order valence-electron chi connectivity index (χ1n) is 6.83. The highest BCUT2D eigenvalue weighted by Crippen LogP contribution is 2.18. The first-order valence-corrected chi connectivity index (χ1v) is 9.42. The summed E-state index contributed by atoms with van der Waals surface area (Å²) in [5, 5.41) is 2.60. The van der Waals surface area contributed by atoms with Crippen molar-refractivity contribution in [1.29, 1.82) is 0 Å². The number of sulfonamides is 1. The molecule has 1 aromatic rings. The molecule has 128 valence electrons. The van der Waals surface area contributed by atoms with Crippen molar-refractivity contribution in [3.8, 4) is 0 Å². The maximum Gasteiger partial charge on any atom is 0.315 e. The molecule has 0 atom stereocenters. The number of amides is 1. The first kappa shape index (κ1) is 19.5. The summed E-state index contributed by atoms with van der Waals surface area (Å²) in [7, 11) is -0.680. The van der Waals surface area contributed by atoms with Gasteiger partial charge in [0.15, 0.2) is 0 Å². The molecule has 23 heavy (non-hydrogen) atoms. The van der Waals surface area contributed by atoms with Crippen LogP contribution in [0.5, 0.6) is 0 Å². The normalized spacial score (nSPS) is 11.3. The Balaban J connectivity index is 2.61. The lowest BCUT2D eigenvalue weighted by Crippen LogP contribution is -2.22. The fourth-order valence-corrected chi connectivity index (χ4v) is 3.13. The van der Waals surface area contributed by atoms with Gasteiger partial charge in [0.2, 0.25) is 15.9 Å². The lowest BCUT2D eigenvalue weighted by Gasteiger charge is -2.12. The van der Waals surface area contributed by atoms with Gasteiger partial charge in [0.1, 0.15) is 0 Å². The standard InChI is InChI=1S/C14H20N2O5S2/c1-4-21-14(18)10-22-9-13(17)15-11-6-5-7-12(8-11)23(19,20)16(2)3/h5-8H,4,9-10H2,1-3H3,(H,15,17). The van der Waals surface area contributed by atoms with Gasteiger partial charge in [-0.15, -0.1) is 11.8 Å². The third kappa shape index (κ3) is 6.20. The molecular formula is C14H20N2O5S2. The van der Waals surface area contributed by atoms with E-state index in [1.807, 2.05) is 0 Å². The molecule has 0 aliphatic heterocycles. The zero-order chi connectivity index (χ0) is 17.5. The molecule has 0 bridgehead atoms. The molecule has 0 heterocycles. The number of ether oxygens (including phenoxy) is 1. The monoisotopic (exact) mass is 360 g/mol. The summed E-state index contributed by atoms with van der Waals surface area (Å²) in [6.45, 7) is 2.02. The smallest absolute Gasteiger partial charge is 0.315 e. The molecule has 0 radical (unpaired) electrons. The number of hydrogen-bond donors (Lipinski definition) is 1. The summed E-state index contributed by atoms with van der Waals surface area (Å²) in [4.78, 5) is 23.1. The predicted octanol–water partition coefficient (Wildman–Crippen LogP) is 1.17. The van der Waals surface area contributed by atoms with Crippen molar-refractivity contribution in [3.05, 3.63) is 24.3 Å². The molecule has 0 saturated carbocycles. The molecule has 0 saturated heterocycles. The van der Waals surface area contributed by atoms with E-state index in [4.69, 9.17) is 4.74 Å². The van der Waals surface area contributed by atoms with Crippen molar-refractivity contribution < 1.29 is 22.7 Å². The minimum atomic E-state index is -3.55. The molecule has 1 amide bonds. The second kappa shape index (κ2) is 8.90. The molecular weight excluding hydrogens is 340 g/mol. The van der Waals surface area contributed by atoms with Gasteiger partial charge in [-0.1, -0.05) is 6.07 Å². The van der Waals surface area contributed by atoms with Gasteiger partial charge in [-0.2, -0.15) is 0 Å². The van der Waals surface area contributed by atoms with Crippen LogP contribution in [0, 0.1) is 0 Å². The zero-order valence-corrected chi connectivity index (χ0v) is 14.9. The largest absolute Gasteiger partial charge is 0.465 e. The van der Waals surface area contributed by atoms with Crippen LogP contribution in [0.2, 0.25) is 0 Å². The lowest BCUT2D eigenvalue weighted by molar-refractivity contribution is -0.139. The fourth-order valence-electron chi connectivity index (χ4n) is 1.57. The number of carbonyl (C=O) groups excluding carboxylic acids is 2. The summed E-state index contributed by atoms with van der Waals surface area (Å²) < 4.78 is 29.9. The minimum absolute atomic E-state index is 0.0729. The van der Waals surface area contributed by atoms with Gasteiger partial charge in [0, 0.05) is 19.8 Å². The number of anilines is 1. The van der Waals surface area contributed by atoms with Crippen LogP contribution in [-0.2, 0) is 24.3 Å². The Labute approximate surface area is 140 Å². The van der Waals surface area contributed by atoms with Crippen molar-refractivity contribution in [2.24, 2.45) is 0 Å². The number of nitrogens with zero attached hydrogens (tertiary/aromatic N) is 1. The second-order valence-corrected chi connectivity index (χ2v) is 7.80. The van der Waals surface area contributed by atoms with E-state index in [9.17, 15) is 18.0 Å². The van der Waals surface area contributed by atoms with Crippen LogP contribution in [0.15, 0.2) is 29.2 Å². The molecule has 9 heteroatoms. The number of rotatable bonds is 8. The predicted molar refractivity (Wildman–Crippen MR) is 89.9 cm³/mol. The number of hydrogen-bond acceptors (Lipinski definition) is 6. The Morgan fingerprint density at radius 2 is 1.96 bits per heavy atom. The van der Waals surface area contributed by atoms with Crippen LogP contribution < -0.4 is 5.32 Å². The summed E-state index contributed by atoms with van der Waals surface area (Å²) >= 11 is 1.13. The quantitative estimate of drug-likeness (QED) is 0.700. The van der Waals surface area contributed by atoms with E-state index >= 15 is 0 Å². The number of nitrogens with one attached hydrogen (secondary N) is 1. The van der Waals surface area contributed by atoms with Crippen LogP contribution in [0.25, 0.3) is 0 Å². The first-order chi connectivity index (χ1) is 10.8. The number of thioether (sulfide) groups is 1. The van der Waals surface area contributed by atoms with Crippen molar-refractivity contribution >= 4 is 39.3 Å². The van der Waals surface area contributed by atoms with Crippen LogP contribution in [0.3, 0.4) is 0 Å². The summed E-state index contributed by atoms with van der Waals surface area (Å²) in [5.74, 6) is -0.525. The zero-order valence-electron chi connectivity index (χ0n) is 13.2. The average molecular weight is 360 g/mol. The SMILES string of the molecule is CCOC(=O)CSCC(=O)Nc1cccc(S(=O)(=O)N(C)C)c1. The molecule has 0 spiro atoms. The Morgan fingerprint density at radius 1 is 1.26 bits per heavy atom. The van der Waals surface area contributed by atoms with Gasteiger partial charge < -0.3 is 10.1 Å². The van der Waals surface area contributed by atoms with E-state index in [-0.39, 0.29) is 28.3 Å². The molecule has 1 rings (SSSR count). The average Bonchev–Trinajstić information content (AvgIpc) is 2.47. The maximum absolute atomic E-state index is 12.0. The molecule has 0 unspecified atom stereocenters. The van der Waals surface area contributed by atoms with E-state index in [0.717, 1.165) is 16.1 Å². The molecule has 1 aromatic carbocycles. The number of carbonyl (C=O) groups is 2. The molecule has 0 fully saturated rings.